The van der Waals surface area contributed by atoms with Crippen molar-refractivity contribution in [2.24, 2.45) is 5.84 Å². The van der Waals surface area contributed by atoms with Crippen LogP contribution in [0.3, 0.4) is 0 Å². The summed E-state index contributed by atoms with van der Waals surface area (Å²) >= 11 is 3.53. The zero-order valence-electron chi connectivity index (χ0n) is 12.3. The average molecular weight is 355 g/mol. The van der Waals surface area contributed by atoms with Crippen molar-refractivity contribution < 1.29 is 9.47 Å². The van der Waals surface area contributed by atoms with Gasteiger partial charge in [0, 0.05) is 6.54 Å². The van der Waals surface area contributed by atoms with Gasteiger partial charge in [0.15, 0.2) is 11.5 Å². The zero-order chi connectivity index (χ0) is 15.4. The highest BCUT2D eigenvalue weighted by Crippen LogP contribution is 2.34. The number of aromatic nitrogens is 2. The molecule has 0 bridgehead atoms. The fourth-order valence-electron chi connectivity index (χ4n) is 2.28. The number of benzene rings is 1. The highest BCUT2D eigenvalue weighted by atomic mass is 79.9. The molecule has 0 aliphatic heterocycles. The SMILES string of the molecule is CCn1ncc(Br)c1C(NN)c1ccc(OC)c(OC)c1. The number of hydrogen-bond acceptors (Lipinski definition) is 5. The molecular weight excluding hydrogens is 336 g/mol. The molecule has 0 aliphatic rings. The Morgan fingerprint density at radius 2 is 2.05 bits per heavy atom. The summed E-state index contributed by atoms with van der Waals surface area (Å²) in [7, 11) is 3.22. The van der Waals surface area contributed by atoms with Crippen LogP contribution < -0.4 is 20.7 Å². The van der Waals surface area contributed by atoms with Crippen LogP contribution in [0.25, 0.3) is 0 Å². The molecule has 0 spiro atoms. The minimum Gasteiger partial charge on any atom is -0.493 e. The lowest BCUT2D eigenvalue weighted by molar-refractivity contribution is 0.354. The molecule has 0 saturated heterocycles. The molecular formula is C14H19BrN4O2. The van der Waals surface area contributed by atoms with Crippen molar-refractivity contribution in [3.63, 3.8) is 0 Å². The summed E-state index contributed by atoms with van der Waals surface area (Å²) in [6.45, 7) is 2.79. The van der Waals surface area contributed by atoms with Crippen molar-refractivity contribution in [1.82, 2.24) is 15.2 Å². The Labute approximate surface area is 132 Å². The van der Waals surface area contributed by atoms with Crippen LogP contribution in [0.15, 0.2) is 28.9 Å². The molecule has 1 aromatic carbocycles. The van der Waals surface area contributed by atoms with Crippen LogP contribution >= 0.6 is 15.9 Å². The fourth-order valence-corrected chi connectivity index (χ4v) is 2.80. The lowest BCUT2D eigenvalue weighted by atomic mass is 10.0. The summed E-state index contributed by atoms with van der Waals surface area (Å²) in [6.07, 6.45) is 1.77. The first-order chi connectivity index (χ1) is 10.2. The maximum Gasteiger partial charge on any atom is 0.161 e. The molecule has 2 rings (SSSR count). The van der Waals surface area contributed by atoms with E-state index in [0.29, 0.717) is 11.5 Å². The monoisotopic (exact) mass is 354 g/mol. The highest BCUT2D eigenvalue weighted by Gasteiger charge is 2.21. The lowest BCUT2D eigenvalue weighted by Gasteiger charge is -2.20. The van der Waals surface area contributed by atoms with Crippen LogP contribution in [-0.4, -0.2) is 24.0 Å². The second-order valence-electron chi connectivity index (χ2n) is 4.41. The van der Waals surface area contributed by atoms with Gasteiger partial charge in [0.25, 0.3) is 0 Å². The van der Waals surface area contributed by atoms with Crippen molar-refractivity contribution in [2.45, 2.75) is 19.5 Å². The van der Waals surface area contributed by atoms with Crippen LogP contribution in [0.1, 0.15) is 24.2 Å². The van der Waals surface area contributed by atoms with Crippen LogP contribution in [0, 0.1) is 0 Å². The van der Waals surface area contributed by atoms with Crippen LogP contribution in [0.2, 0.25) is 0 Å². The van der Waals surface area contributed by atoms with Crippen molar-refractivity contribution in [1.29, 1.82) is 0 Å². The van der Waals surface area contributed by atoms with E-state index in [1.807, 2.05) is 29.8 Å². The Bertz CT molecular complexity index is 615. The Morgan fingerprint density at radius 3 is 2.62 bits per heavy atom. The van der Waals surface area contributed by atoms with Gasteiger partial charge in [-0.3, -0.25) is 10.5 Å². The van der Waals surface area contributed by atoms with Gasteiger partial charge in [-0.1, -0.05) is 6.07 Å². The molecule has 1 atom stereocenters. The summed E-state index contributed by atoms with van der Waals surface area (Å²) in [4.78, 5) is 0. The summed E-state index contributed by atoms with van der Waals surface area (Å²) < 4.78 is 13.4. The van der Waals surface area contributed by atoms with E-state index in [2.05, 4.69) is 26.5 Å². The topological polar surface area (TPSA) is 74.3 Å². The molecule has 0 amide bonds. The number of ether oxygens (including phenoxy) is 2. The van der Waals surface area contributed by atoms with Crippen LogP contribution in [0.5, 0.6) is 11.5 Å². The Morgan fingerprint density at radius 1 is 1.33 bits per heavy atom. The molecule has 1 unspecified atom stereocenters. The molecule has 3 N–H and O–H groups in total. The minimum absolute atomic E-state index is 0.207. The normalized spacial score (nSPS) is 12.2. The highest BCUT2D eigenvalue weighted by molar-refractivity contribution is 9.10. The van der Waals surface area contributed by atoms with Gasteiger partial charge >= 0.3 is 0 Å². The lowest BCUT2D eigenvalue weighted by Crippen LogP contribution is -2.31. The summed E-state index contributed by atoms with van der Waals surface area (Å²) in [5.41, 5.74) is 4.77. The van der Waals surface area contributed by atoms with E-state index < -0.39 is 0 Å². The molecule has 0 saturated carbocycles. The Hall–Kier alpha value is -1.57. The zero-order valence-corrected chi connectivity index (χ0v) is 13.8. The second kappa shape index (κ2) is 6.93. The summed E-state index contributed by atoms with van der Waals surface area (Å²) in [6, 6.07) is 5.51. The first kappa shape index (κ1) is 15.8. The van der Waals surface area contributed by atoms with Gasteiger partial charge < -0.3 is 9.47 Å². The van der Waals surface area contributed by atoms with Crippen molar-refractivity contribution in [3.05, 3.63) is 40.1 Å². The van der Waals surface area contributed by atoms with Gasteiger partial charge in [0.1, 0.15) is 0 Å². The average Bonchev–Trinajstić information content (AvgIpc) is 2.89. The van der Waals surface area contributed by atoms with Gasteiger partial charge in [0.05, 0.1) is 36.6 Å². The summed E-state index contributed by atoms with van der Waals surface area (Å²) in [5.74, 6) is 7.11. The number of nitrogens with two attached hydrogens (primary N) is 1. The maximum absolute atomic E-state index is 5.77. The third kappa shape index (κ3) is 3.04. The summed E-state index contributed by atoms with van der Waals surface area (Å²) in [5, 5.41) is 4.32. The van der Waals surface area contributed by atoms with Gasteiger partial charge in [0.2, 0.25) is 0 Å². The number of nitrogens with one attached hydrogen (secondary N) is 1. The molecule has 1 aromatic heterocycles. The second-order valence-corrected chi connectivity index (χ2v) is 5.26. The standard InChI is InChI=1S/C14H19BrN4O2/c1-4-19-14(10(15)8-17-19)13(18-16)9-5-6-11(20-2)12(7-9)21-3/h5-8,13,18H,4,16H2,1-3H3. The number of hydrazine groups is 1. The van der Waals surface area contributed by atoms with E-state index in [1.165, 1.54) is 0 Å². The van der Waals surface area contributed by atoms with Gasteiger partial charge in [-0.05, 0) is 40.5 Å². The number of nitrogens with zero attached hydrogens (tertiary/aromatic N) is 2. The number of halogens is 1. The molecule has 7 heteroatoms. The van der Waals surface area contributed by atoms with Crippen molar-refractivity contribution >= 4 is 15.9 Å². The van der Waals surface area contributed by atoms with Gasteiger partial charge in [-0.25, -0.2) is 5.43 Å². The van der Waals surface area contributed by atoms with Crippen LogP contribution in [0.4, 0.5) is 0 Å². The fraction of sp³-hybridized carbons (Fsp3) is 0.357. The predicted octanol–water partition coefficient (Wildman–Crippen LogP) is 2.24. The van der Waals surface area contributed by atoms with Gasteiger partial charge in [-0.2, -0.15) is 5.10 Å². The predicted molar refractivity (Wildman–Crippen MR) is 84.3 cm³/mol. The molecule has 0 radical (unpaired) electrons. The minimum atomic E-state index is -0.207. The smallest absolute Gasteiger partial charge is 0.161 e. The van der Waals surface area contributed by atoms with E-state index in [9.17, 15) is 0 Å². The quantitative estimate of drug-likeness (QED) is 0.614. The van der Waals surface area contributed by atoms with E-state index in [1.54, 1.807) is 20.4 Å². The molecule has 114 valence electrons. The van der Waals surface area contributed by atoms with Crippen LogP contribution in [-0.2, 0) is 6.54 Å². The molecule has 21 heavy (non-hydrogen) atoms. The van der Waals surface area contributed by atoms with E-state index in [0.717, 1.165) is 22.3 Å². The van der Waals surface area contributed by atoms with E-state index in [-0.39, 0.29) is 6.04 Å². The Balaban J connectivity index is 2.48. The van der Waals surface area contributed by atoms with Crippen molar-refractivity contribution in [3.8, 4) is 11.5 Å². The number of methoxy groups -OCH3 is 2. The third-order valence-electron chi connectivity index (χ3n) is 3.31. The van der Waals surface area contributed by atoms with E-state index >= 15 is 0 Å². The molecule has 0 fully saturated rings. The molecule has 6 nitrogen and oxygen atoms in total. The Kier molecular flexibility index (Phi) is 5.22. The number of aryl methyl sites for hydroxylation is 1. The molecule has 2 aromatic rings. The van der Waals surface area contributed by atoms with E-state index in [4.69, 9.17) is 15.3 Å². The number of rotatable bonds is 6. The first-order valence-corrected chi connectivity index (χ1v) is 7.34. The molecule has 0 aliphatic carbocycles. The van der Waals surface area contributed by atoms with Gasteiger partial charge in [-0.15, -0.1) is 0 Å². The largest absolute Gasteiger partial charge is 0.493 e. The number of hydrogen-bond donors (Lipinski definition) is 2. The van der Waals surface area contributed by atoms with Crippen molar-refractivity contribution in [2.75, 3.05) is 14.2 Å². The third-order valence-corrected chi connectivity index (χ3v) is 3.92. The maximum atomic E-state index is 5.77. The molecule has 1 heterocycles. The first-order valence-electron chi connectivity index (χ1n) is 6.55.